The van der Waals surface area contributed by atoms with Crippen molar-refractivity contribution in [3.63, 3.8) is 0 Å². The molecule has 134 valence electrons. The van der Waals surface area contributed by atoms with Crippen molar-refractivity contribution in [3.05, 3.63) is 36.2 Å². The first kappa shape index (κ1) is 16.4. The zero-order chi connectivity index (χ0) is 17.1. The Morgan fingerprint density at radius 3 is 2.80 bits per heavy atom. The molecule has 0 bridgehead atoms. The van der Waals surface area contributed by atoms with Crippen LogP contribution in [0.1, 0.15) is 31.4 Å². The van der Waals surface area contributed by atoms with Crippen LogP contribution in [0.15, 0.2) is 30.5 Å². The van der Waals surface area contributed by atoms with Crippen LogP contribution >= 0.6 is 0 Å². The third kappa shape index (κ3) is 4.31. The molecule has 4 rings (SSSR count). The highest BCUT2D eigenvalue weighted by Gasteiger charge is 2.24. The third-order valence-electron chi connectivity index (χ3n) is 4.94. The standard InChI is InChI=1S/C19H26N4O2/c1-24-18-6-2-3-7-19(18)25-17-5-4-10-22(14-17)12-16-13-23(21-20-16)11-15-8-9-15/h2-3,6-7,13,15,17H,4-5,8-12,14H2,1H3. The highest BCUT2D eigenvalue weighted by molar-refractivity contribution is 5.39. The molecule has 2 heterocycles. The first-order valence-electron chi connectivity index (χ1n) is 9.21. The van der Waals surface area contributed by atoms with Crippen LogP contribution in [-0.4, -0.2) is 46.2 Å². The van der Waals surface area contributed by atoms with Crippen molar-refractivity contribution >= 4 is 0 Å². The Kier molecular flexibility index (Phi) is 4.88. The van der Waals surface area contributed by atoms with Crippen LogP contribution in [0.3, 0.4) is 0 Å². The smallest absolute Gasteiger partial charge is 0.161 e. The molecule has 2 aliphatic rings. The first-order chi connectivity index (χ1) is 12.3. The lowest BCUT2D eigenvalue weighted by Gasteiger charge is -2.32. The van der Waals surface area contributed by atoms with Crippen LogP contribution in [0.2, 0.25) is 0 Å². The van der Waals surface area contributed by atoms with E-state index in [2.05, 4.69) is 21.4 Å². The van der Waals surface area contributed by atoms with Gasteiger partial charge in [-0.3, -0.25) is 9.58 Å². The molecule has 25 heavy (non-hydrogen) atoms. The number of likely N-dealkylation sites (tertiary alicyclic amines) is 1. The van der Waals surface area contributed by atoms with Crippen LogP contribution in [0.25, 0.3) is 0 Å². The van der Waals surface area contributed by atoms with E-state index in [-0.39, 0.29) is 6.10 Å². The average Bonchev–Trinajstić information content (AvgIpc) is 3.34. The molecular formula is C19H26N4O2. The molecule has 2 aromatic rings. The van der Waals surface area contributed by atoms with Gasteiger partial charge in [-0.25, -0.2) is 0 Å². The Balaban J connectivity index is 1.33. The summed E-state index contributed by atoms with van der Waals surface area (Å²) in [7, 11) is 1.68. The van der Waals surface area contributed by atoms with Gasteiger partial charge in [-0.05, 0) is 50.3 Å². The molecule has 0 radical (unpaired) electrons. The van der Waals surface area contributed by atoms with Gasteiger partial charge in [0.15, 0.2) is 11.5 Å². The number of ether oxygens (including phenoxy) is 2. The fourth-order valence-electron chi connectivity index (χ4n) is 3.44. The lowest BCUT2D eigenvalue weighted by molar-refractivity contribution is 0.0813. The number of hydrogen-bond acceptors (Lipinski definition) is 5. The van der Waals surface area contributed by atoms with Gasteiger partial charge in [-0.1, -0.05) is 17.3 Å². The minimum absolute atomic E-state index is 0.187. The summed E-state index contributed by atoms with van der Waals surface area (Å²) in [5.41, 5.74) is 1.05. The average molecular weight is 342 g/mol. The highest BCUT2D eigenvalue weighted by Crippen LogP contribution is 2.30. The summed E-state index contributed by atoms with van der Waals surface area (Å²) in [5.74, 6) is 2.44. The summed E-state index contributed by atoms with van der Waals surface area (Å²) in [6.45, 7) is 3.86. The maximum Gasteiger partial charge on any atom is 0.161 e. The SMILES string of the molecule is COc1ccccc1OC1CCCN(Cc2cn(CC3CC3)nn2)C1. The Hall–Kier alpha value is -2.08. The highest BCUT2D eigenvalue weighted by atomic mass is 16.5. The molecule has 1 saturated carbocycles. The Morgan fingerprint density at radius 1 is 1.16 bits per heavy atom. The van der Waals surface area contributed by atoms with Crippen molar-refractivity contribution in [2.75, 3.05) is 20.2 Å². The topological polar surface area (TPSA) is 52.4 Å². The molecule has 1 atom stereocenters. The second kappa shape index (κ2) is 7.44. The van der Waals surface area contributed by atoms with E-state index in [0.717, 1.165) is 62.1 Å². The predicted molar refractivity (Wildman–Crippen MR) is 94.7 cm³/mol. The number of methoxy groups -OCH3 is 1. The fourth-order valence-corrected chi connectivity index (χ4v) is 3.44. The second-order valence-electron chi connectivity index (χ2n) is 7.14. The minimum atomic E-state index is 0.187. The molecule has 0 spiro atoms. The van der Waals surface area contributed by atoms with E-state index in [1.807, 2.05) is 28.9 Å². The summed E-state index contributed by atoms with van der Waals surface area (Å²) in [5, 5.41) is 8.60. The number of rotatable bonds is 7. The van der Waals surface area contributed by atoms with Gasteiger partial charge in [0.1, 0.15) is 6.10 Å². The third-order valence-corrected chi connectivity index (χ3v) is 4.94. The van der Waals surface area contributed by atoms with Gasteiger partial charge in [0.2, 0.25) is 0 Å². The van der Waals surface area contributed by atoms with Crippen molar-refractivity contribution in [2.24, 2.45) is 5.92 Å². The number of aromatic nitrogens is 3. The quantitative estimate of drug-likeness (QED) is 0.774. The molecule has 6 heteroatoms. The Morgan fingerprint density at radius 2 is 2.00 bits per heavy atom. The lowest BCUT2D eigenvalue weighted by atomic mass is 10.1. The second-order valence-corrected chi connectivity index (χ2v) is 7.14. The first-order valence-corrected chi connectivity index (χ1v) is 9.21. The molecule has 0 N–H and O–H groups in total. The van der Waals surface area contributed by atoms with Crippen LogP contribution < -0.4 is 9.47 Å². The number of para-hydroxylation sites is 2. The van der Waals surface area contributed by atoms with Gasteiger partial charge in [-0.15, -0.1) is 5.10 Å². The van der Waals surface area contributed by atoms with Gasteiger partial charge in [0, 0.05) is 25.8 Å². The largest absolute Gasteiger partial charge is 0.493 e. The van der Waals surface area contributed by atoms with Crippen molar-refractivity contribution in [2.45, 2.75) is 44.9 Å². The normalized spacial score (nSPS) is 21.2. The van der Waals surface area contributed by atoms with E-state index < -0.39 is 0 Å². The van der Waals surface area contributed by atoms with Gasteiger partial charge in [0.25, 0.3) is 0 Å². The zero-order valence-electron chi connectivity index (χ0n) is 14.8. The van der Waals surface area contributed by atoms with E-state index in [0.29, 0.717) is 0 Å². The Bertz CT molecular complexity index is 698. The summed E-state index contributed by atoms with van der Waals surface area (Å²) in [4.78, 5) is 2.41. The van der Waals surface area contributed by atoms with Crippen molar-refractivity contribution in [1.82, 2.24) is 19.9 Å². The predicted octanol–water partition coefficient (Wildman–Crippen LogP) is 2.74. The maximum atomic E-state index is 6.20. The summed E-state index contributed by atoms with van der Waals surface area (Å²) in [6.07, 6.45) is 7.17. The van der Waals surface area contributed by atoms with Crippen molar-refractivity contribution < 1.29 is 9.47 Å². The molecule has 1 unspecified atom stereocenters. The van der Waals surface area contributed by atoms with E-state index in [1.54, 1.807) is 7.11 Å². The van der Waals surface area contributed by atoms with Gasteiger partial charge >= 0.3 is 0 Å². The van der Waals surface area contributed by atoms with Gasteiger partial charge in [-0.2, -0.15) is 0 Å². The molecule has 1 saturated heterocycles. The van der Waals surface area contributed by atoms with Gasteiger partial charge in [0.05, 0.1) is 12.8 Å². The van der Waals surface area contributed by atoms with Crippen LogP contribution in [0.5, 0.6) is 11.5 Å². The molecule has 1 aliphatic heterocycles. The van der Waals surface area contributed by atoms with Crippen molar-refractivity contribution in [1.29, 1.82) is 0 Å². The molecule has 1 aromatic carbocycles. The number of piperidine rings is 1. The fraction of sp³-hybridized carbons (Fsp3) is 0.579. The van der Waals surface area contributed by atoms with Crippen LogP contribution in [0, 0.1) is 5.92 Å². The van der Waals surface area contributed by atoms with Crippen LogP contribution in [-0.2, 0) is 13.1 Å². The van der Waals surface area contributed by atoms with Gasteiger partial charge < -0.3 is 9.47 Å². The molecular weight excluding hydrogens is 316 g/mol. The van der Waals surface area contributed by atoms with E-state index in [4.69, 9.17) is 9.47 Å². The molecule has 2 fully saturated rings. The molecule has 6 nitrogen and oxygen atoms in total. The number of hydrogen-bond donors (Lipinski definition) is 0. The minimum Gasteiger partial charge on any atom is -0.493 e. The van der Waals surface area contributed by atoms with Crippen LogP contribution in [0.4, 0.5) is 0 Å². The van der Waals surface area contributed by atoms with E-state index >= 15 is 0 Å². The summed E-state index contributed by atoms with van der Waals surface area (Å²) in [6, 6.07) is 7.86. The van der Waals surface area contributed by atoms with E-state index in [1.165, 1.54) is 12.8 Å². The monoisotopic (exact) mass is 342 g/mol. The summed E-state index contributed by atoms with van der Waals surface area (Å²) < 4.78 is 13.6. The number of nitrogens with zero attached hydrogens (tertiary/aromatic N) is 4. The zero-order valence-corrected chi connectivity index (χ0v) is 14.8. The molecule has 1 aromatic heterocycles. The lowest BCUT2D eigenvalue weighted by Crippen LogP contribution is -2.40. The summed E-state index contributed by atoms with van der Waals surface area (Å²) >= 11 is 0. The Labute approximate surface area is 148 Å². The van der Waals surface area contributed by atoms with Crippen molar-refractivity contribution in [3.8, 4) is 11.5 Å². The maximum absolute atomic E-state index is 6.20. The molecule has 0 amide bonds. The molecule has 1 aliphatic carbocycles. The van der Waals surface area contributed by atoms with E-state index in [9.17, 15) is 0 Å². The number of benzene rings is 1.